The molecule has 1 saturated carbocycles. The summed E-state index contributed by atoms with van der Waals surface area (Å²) in [4.78, 5) is 60.8. The van der Waals surface area contributed by atoms with Crippen molar-refractivity contribution in [2.45, 2.75) is 88.6 Å². The van der Waals surface area contributed by atoms with E-state index in [9.17, 15) is 19.5 Å². The van der Waals surface area contributed by atoms with Gasteiger partial charge in [-0.3, -0.25) is 29.1 Å². The number of aromatic hydroxyl groups is 1. The molecule has 4 saturated heterocycles. The average Bonchev–Trinajstić information content (AvgIpc) is 4.10. The first kappa shape index (κ1) is 49.8. The fraction of sp³-hybridized carbons (Fsp3) is 0.518. The number of nitrogens with zero attached hydrogens (tertiary/aromatic N) is 9. The van der Waals surface area contributed by atoms with Gasteiger partial charge in [-0.05, 0) is 117 Å². The molecule has 11 rings (SSSR count). The maximum Gasteiger partial charge on any atom is 0.319 e. The molecule has 2 amide bonds. The quantitative estimate of drug-likeness (QED) is 0.0949. The van der Waals surface area contributed by atoms with Crippen LogP contribution in [0.2, 0.25) is 0 Å². The number of ether oxygens (including phenoxy) is 2. The number of amides is 2. The SMILES string of the molecule is CCc1c(F)ccc2cc(O)cc(-c3ncc4c(N5CCCC6(CCO6)C5)nc(OCC5(CN6CCN(C(=O)CN7CCC(c8ccc9c(C(CCC=O)C(=O)NC)nn(C)c9c8)CC7)CC6)CC5)nc4c3F)c12. The maximum atomic E-state index is 17.2. The van der Waals surface area contributed by atoms with Crippen LogP contribution in [0, 0.1) is 17.0 Å². The van der Waals surface area contributed by atoms with Gasteiger partial charge in [-0.2, -0.15) is 15.1 Å². The third-order valence-electron chi connectivity index (χ3n) is 16.7. The molecule has 5 aliphatic rings. The highest BCUT2D eigenvalue weighted by Crippen LogP contribution is 2.47. The van der Waals surface area contributed by atoms with E-state index in [1.807, 2.05) is 23.6 Å². The number of benzene rings is 3. The van der Waals surface area contributed by atoms with Gasteiger partial charge in [0.05, 0.1) is 47.9 Å². The minimum Gasteiger partial charge on any atom is -0.508 e. The molecule has 6 aromatic rings. The first-order valence-corrected chi connectivity index (χ1v) is 26.5. The molecule has 3 aromatic heterocycles. The number of likely N-dealkylation sites (tertiary alicyclic amines) is 1. The van der Waals surface area contributed by atoms with Gasteiger partial charge in [0, 0.05) is 95.3 Å². The molecule has 18 heteroatoms. The Morgan fingerprint density at radius 1 is 0.973 bits per heavy atom. The zero-order chi connectivity index (χ0) is 51.3. The normalized spacial score (nSPS) is 20.8. The summed E-state index contributed by atoms with van der Waals surface area (Å²) >= 11 is 0. The number of piperidine rings is 2. The topological polar surface area (TPSA) is 171 Å². The van der Waals surface area contributed by atoms with Crippen molar-refractivity contribution in [3.8, 4) is 23.0 Å². The first-order chi connectivity index (χ1) is 35.9. The fourth-order valence-corrected chi connectivity index (χ4v) is 12.2. The Bertz CT molecular complexity index is 3120. The highest BCUT2D eigenvalue weighted by Gasteiger charge is 2.46. The van der Waals surface area contributed by atoms with Crippen molar-refractivity contribution in [2.24, 2.45) is 12.5 Å². The van der Waals surface area contributed by atoms with Gasteiger partial charge in [-0.15, -0.1) is 0 Å². The zero-order valence-corrected chi connectivity index (χ0v) is 42.7. The van der Waals surface area contributed by atoms with Gasteiger partial charge in [0.1, 0.15) is 34.9 Å². The number of likely N-dealkylation sites (N-methyl/N-ethyl adjacent to an activating group) is 1. The van der Waals surface area contributed by atoms with Gasteiger partial charge in [0.2, 0.25) is 11.8 Å². The number of aryl methyl sites for hydroxylation is 2. The largest absolute Gasteiger partial charge is 0.508 e. The molecule has 16 nitrogen and oxygen atoms in total. The molecule has 5 fully saturated rings. The minimum absolute atomic E-state index is 0.0394. The van der Waals surface area contributed by atoms with Crippen LogP contribution in [0.3, 0.4) is 0 Å². The molecular formula is C56H66F2N10O6. The van der Waals surface area contributed by atoms with Crippen molar-refractivity contribution in [3.05, 3.63) is 77.1 Å². The predicted octanol–water partition coefficient (Wildman–Crippen LogP) is 7.03. The number of hydrogen-bond donors (Lipinski definition) is 2. The summed E-state index contributed by atoms with van der Waals surface area (Å²) in [6.07, 6.45) is 10.1. The third kappa shape index (κ3) is 9.64. The highest BCUT2D eigenvalue weighted by molar-refractivity contribution is 6.02. The van der Waals surface area contributed by atoms with Gasteiger partial charge in [-0.1, -0.05) is 25.1 Å². The second kappa shape index (κ2) is 20.4. The number of halogens is 2. The van der Waals surface area contributed by atoms with Gasteiger partial charge in [-0.25, -0.2) is 8.78 Å². The molecule has 0 bridgehead atoms. The number of aldehydes is 1. The van der Waals surface area contributed by atoms with E-state index in [-0.39, 0.29) is 57.8 Å². The zero-order valence-electron chi connectivity index (χ0n) is 42.7. The Kier molecular flexibility index (Phi) is 13.7. The Morgan fingerprint density at radius 2 is 1.77 bits per heavy atom. The van der Waals surface area contributed by atoms with Gasteiger partial charge in [0.25, 0.3) is 0 Å². The van der Waals surface area contributed by atoms with Crippen LogP contribution >= 0.6 is 0 Å². The highest BCUT2D eigenvalue weighted by atomic mass is 19.1. The van der Waals surface area contributed by atoms with Crippen LogP contribution < -0.4 is 15.0 Å². The van der Waals surface area contributed by atoms with Crippen LogP contribution in [0.5, 0.6) is 11.8 Å². The molecular weight excluding hydrogens is 947 g/mol. The number of phenolic OH excluding ortho intramolecular Hbond substituents is 1. The summed E-state index contributed by atoms with van der Waals surface area (Å²) in [6.45, 7) is 9.92. The molecule has 74 heavy (non-hydrogen) atoms. The molecule has 390 valence electrons. The van der Waals surface area contributed by atoms with Gasteiger partial charge < -0.3 is 34.5 Å². The van der Waals surface area contributed by atoms with Crippen LogP contribution in [0.4, 0.5) is 14.6 Å². The third-order valence-corrected chi connectivity index (χ3v) is 16.7. The first-order valence-electron chi connectivity index (χ1n) is 26.5. The maximum absolute atomic E-state index is 17.2. The van der Waals surface area contributed by atoms with Crippen molar-refractivity contribution in [3.63, 3.8) is 0 Å². The van der Waals surface area contributed by atoms with E-state index in [2.05, 4.69) is 43.2 Å². The number of phenols is 1. The monoisotopic (exact) mass is 1010 g/mol. The van der Waals surface area contributed by atoms with E-state index >= 15 is 8.78 Å². The summed E-state index contributed by atoms with van der Waals surface area (Å²) in [5.41, 5.74) is 3.21. The molecule has 2 unspecified atom stereocenters. The average molecular weight is 1010 g/mol. The van der Waals surface area contributed by atoms with Crippen molar-refractivity contribution in [2.75, 3.05) is 90.6 Å². The van der Waals surface area contributed by atoms with E-state index in [0.29, 0.717) is 97.9 Å². The van der Waals surface area contributed by atoms with Crippen LogP contribution in [0.15, 0.2) is 48.7 Å². The molecule has 7 heterocycles. The van der Waals surface area contributed by atoms with Crippen molar-refractivity contribution in [1.29, 1.82) is 0 Å². The van der Waals surface area contributed by atoms with Gasteiger partial charge in [0.15, 0.2) is 5.82 Å². The van der Waals surface area contributed by atoms with E-state index < -0.39 is 17.6 Å². The van der Waals surface area contributed by atoms with Gasteiger partial charge >= 0.3 is 6.01 Å². The summed E-state index contributed by atoms with van der Waals surface area (Å²) in [5, 5.41) is 20.7. The van der Waals surface area contributed by atoms with Crippen LogP contribution in [-0.4, -0.2) is 154 Å². The van der Waals surface area contributed by atoms with Crippen LogP contribution in [-0.2, 0) is 32.6 Å². The van der Waals surface area contributed by atoms with Crippen LogP contribution in [0.1, 0.15) is 93.4 Å². The number of carbonyl (C=O) groups excluding carboxylic acids is 3. The molecule has 2 atom stereocenters. The van der Waals surface area contributed by atoms with Crippen molar-refractivity contribution >= 4 is 56.5 Å². The second-order valence-electron chi connectivity index (χ2n) is 21.5. The lowest BCUT2D eigenvalue weighted by molar-refractivity contribution is -0.151. The number of piperazine rings is 1. The van der Waals surface area contributed by atoms with Crippen molar-refractivity contribution < 1.29 is 37.7 Å². The molecule has 4 aliphatic heterocycles. The lowest BCUT2D eigenvalue weighted by atomic mass is 9.86. The number of fused-ring (bicyclic) bond motifs is 3. The standard InChI is InChI=1S/C56H66F2N10O6/c1-4-39-44(57)11-9-37-27-38(70)29-42(47(37)39)50-48(58)51-43(30-60-50)52(68-18-6-14-56(33-68)17-26-74-56)62-54(61-51)73-34-55(15-16-55)32-66-21-23-67(24-22-66)46(71)31-65-19-12-35(13-20-65)36-8-10-40-45(28-36)64(3)63-49(40)41(7-5-25-69)53(72)59-2/h8-11,25,27-30,35,41,70H,4-7,12-24,26,31-34H2,1-3H3,(H,59,72). The van der Waals surface area contributed by atoms with E-state index in [1.165, 1.54) is 17.7 Å². The molecule has 1 aliphatic carbocycles. The number of rotatable bonds is 16. The molecule has 2 N–H and O–H groups in total. The smallest absolute Gasteiger partial charge is 0.319 e. The molecule has 3 aromatic carbocycles. The Balaban J connectivity index is 0.726. The van der Waals surface area contributed by atoms with E-state index in [0.717, 1.165) is 94.9 Å². The van der Waals surface area contributed by atoms with Crippen LogP contribution in [0.25, 0.3) is 43.8 Å². The number of aromatic nitrogens is 5. The summed E-state index contributed by atoms with van der Waals surface area (Å²) < 4.78 is 46.9. The second-order valence-corrected chi connectivity index (χ2v) is 21.5. The summed E-state index contributed by atoms with van der Waals surface area (Å²) in [6, 6.07) is 12.4. The Labute approximate surface area is 429 Å². The lowest BCUT2D eigenvalue weighted by Gasteiger charge is -2.48. The van der Waals surface area contributed by atoms with Crippen molar-refractivity contribution in [1.82, 2.24) is 44.7 Å². The van der Waals surface area contributed by atoms with E-state index in [1.54, 1.807) is 25.4 Å². The fourth-order valence-electron chi connectivity index (χ4n) is 12.2. The summed E-state index contributed by atoms with van der Waals surface area (Å²) in [7, 11) is 3.50. The molecule has 1 spiro atoms. The number of hydrogen-bond acceptors (Lipinski definition) is 13. The van der Waals surface area contributed by atoms with E-state index in [4.69, 9.17) is 24.5 Å². The Morgan fingerprint density at radius 3 is 2.49 bits per heavy atom. The Hall–Kier alpha value is -6.37. The number of nitrogens with one attached hydrogen (secondary N) is 1. The summed E-state index contributed by atoms with van der Waals surface area (Å²) in [5.74, 6) is -0.790. The number of carbonyl (C=O) groups is 3. The predicted molar refractivity (Wildman–Crippen MR) is 277 cm³/mol. The minimum atomic E-state index is -0.698. The number of pyridine rings is 1. The lowest BCUT2D eigenvalue weighted by Crippen LogP contribution is -2.56. The number of anilines is 1. The molecule has 0 radical (unpaired) electrons.